The number of nitrogens with two attached hydrogens (primary N) is 1. The van der Waals surface area contributed by atoms with Gasteiger partial charge < -0.3 is 15.8 Å². The van der Waals surface area contributed by atoms with Crippen molar-refractivity contribution in [3.8, 4) is 28.3 Å². The van der Waals surface area contributed by atoms with E-state index >= 15 is 0 Å². The third kappa shape index (κ3) is 5.34. The predicted molar refractivity (Wildman–Crippen MR) is 137 cm³/mol. The first kappa shape index (κ1) is 24.5. The number of primary amides is 1. The number of benzene rings is 2. The Morgan fingerprint density at radius 1 is 1.14 bits per heavy atom. The first-order valence-electron chi connectivity index (χ1n) is 11.9. The Labute approximate surface area is 212 Å². The second kappa shape index (κ2) is 10.4. The van der Waals surface area contributed by atoms with E-state index in [9.17, 15) is 13.6 Å². The summed E-state index contributed by atoms with van der Waals surface area (Å²) in [6, 6.07) is 10.7. The van der Waals surface area contributed by atoms with E-state index in [-0.39, 0.29) is 24.1 Å². The topological polar surface area (TPSA) is 106 Å². The van der Waals surface area contributed by atoms with Crippen LogP contribution in [0.4, 0.5) is 14.6 Å². The molecule has 8 nitrogen and oxygen atoms in total. The van der Waals surface area contributed by atoms with Gasteiger partial charge in [-0.1, -0.05) is 0 Å². The van der Waals surface area contributed by atoms with E-state index in [1.165, 1.54) is 19.2 Å². The quantitative estimate of drug-likeness (QED) is 0.392. The van der Waals surface area contributed by atoms with Crippen LogP contribution in [0.2, 0.25) is 0 Å². The molecule has 3 heterocycles. The van der Waals surface area contributed by atoms with Crippen molar-refractivity contribution in [2.75, 3.05) is 32.1 Å². The highest BCUT2D eigenvalue weighted by atomic mass is 19.1. The molecule has 37 heavy (non-hydrogen) atoms. The number of pyridine rings is 1. The number of nitrogens with zero attached hydrogens (tertiary/aromatic N) is 4. The number of carbonyl (C=O) groups is 1. The summed E-state index contributed by atoms with van der Waals surface area (Å²) in [5, 5.41) is 4.18. The fourth-order valence-corrected chi connectivity index (χ4v) is 4.62. The van der Waals surface area contributed by atoms with Crippen molar-refractivity contribution in [3.63, 3.8) is 0 Å². The predicted octanol–water partition coefficient (Wildman–Crippen LogP) is 4.01. The number of likely N-dealkylation sites (tertiary alicyclic amines) is 1. The van der Waals surface area contributed by atoms with Gasteiger partial charge in [0.2, 0.25) is 5.91 Å². The number of methoxy groups -OCH3 is 1. The Morgan fingerprint density at radius 3 is 2.62 bits per heavy atom. The average Bonchev–Trinajstić information content (AvgIpc) is 2.89. The van der Waals surface area contributed by atoms with Crippen LogP contribution in [0.5, 0.6) is 5.75 Å². The number of rotatable bonds is 7. The van der Waals surface area contributed by atoms with Crippen LogP contribution < -0.4 is 15.8 Å². The van der Waals surface area contributed by atoms with Gasteiger partial charge in [-0.3, -0.25) is 14.7 Å². The van der Waals surface area contributed by atoms with Crippen LogP contribution in [0.15, 0.2) is 54.9 Å². The molecule has 0 bridgehead atoms. The smallest absolute Gasteiger partial charge is 0.231 e. The maximum absolute atomic E-state index is 14.7. The zero-order chi connectivity index (χ0) is 25.9. The van der Waals surface area contributed by atoms with Crippen molar-refractivity contribution in [2.24, 2.45) is 5.73 Å². The number of carbonyl (C=O) groups excluding carboxylic acids is 1. The number of piperidine rings is 1. The van der Waals surface area contributed by atoms with Gasteiger partial charge in [-0.15, -0.1) is 0 Å². The van der Waals surface area contributed by atoms with E-state index in [0.717, 1.165) is 24.5 Å². The van der Waals surface area contributed by atoms with E-state index in [1.54, 1.807) is 24.5 Å². The van der Waals surface area contributed by atoms with Crippen molar-refractivity contribution in [1.82, 2.24) is 19.9 Å². The normalized spacial score (nSPS) is 14.6. The minimum atomic E-state index is -0.675. The molecule has 0 atom stereocenters. The number of ether oxygens (including phenoxy) is 1. The molecule has 4 aromatic rings. The summed E-state index contributed by atoms with van der Waals surface area (Å²) >= 11 is 0. The molecule has 0 saturated carbocycles. The number of hydrogen-bond acceptors (Lipinski definition) is 7. The van der Waals surface area contributed by atoms with Gasteiger partial charge in [0.15, 0.2) is 5.82 Å². The van der Waals surface area contributed by atoms with Crippen molar-refractivity contribution in [3.05, 3.63) is 66.5 Å². The van der Waals surface area contributed by atoms with Crippen LogP contribution >= 0.6 is 0 Å². The van der Waals surface area contributed by atoms with E-state index in [4.69, 9.17) is 20.4 Å². The minimum Gasteiger partial charge on any atom is -0.494 e. The fourth-order valence-electron chi connectivity index (χ4n) is 4.62. The lowest BCUT2D eigenvalue weighted by molar-refractivity contribution is -0.119. The van der Waals surface area contributed by atoms with Crippen LogP contribution in [-0.4, -0.2) is 58.5 Å². The van der Waals surface area contributed by atoms with Gasteiger partial charge in [-0.05, 0) is 54.8 Å². The molecule has 2 aromatic carbocycles. The summed E-state index contributed by atoms with van der Waals surface area (Å²) in [4.78, 5) is 27.1. The third-order valence-corrected chi connectivity index (χ3v) is 6.46. The van der Waals surface area contributed by atoms with Gasteiger partial charge in [0, 0.05) is 54.1 Å². The Morgan fingerprint density at radius 2 is 1.95 bits per heavy atom. The van der Waals surface area contributed by atoms with Crippen molar-refractivity contribution in [2.45, 2.75) is 18.9 Å². The van der Waals surface area contributed by atoms with Gasteiger partial charge in [0.1, 0.15) is 28.7 Å². The lowest BCUT2D eigenvalue weighted by atomic mass is 10.0. The Kier molecular flexibility index (Phi) is 6.91. The number of nitrogens with one attached hydrogen (secondary N) is 1. The number of aromatic nitrogens is 3. The fraction of sp³-hybridized carbons (Fsp3) is 0.259. The third-order valence-electron chi connectivity index (χ3n) is 6.46. The number of fused-ring (bicyclic) bond motifs is 1. The Balaban J connectivity index is 1.60. The largest absolute Gasteiger partial charge is 0.494 e. The van der Waals surface area contributed by atoms with Gasteiger partial charge in [-0.2, -0.15) is 0 Å². The molecule has 0 radical (unpaired) electrons. The van der Waals surface area contributed by atoms with E-state index in [1.807, 2.05) is 17.0 Å². The molecule has 0 spiro atoms. The van der Waals surface area contributed by atoms with Crippen LogP contribution in [0, 0.1) is 11.6 Å². The second-order valence-corrected chi connectivity index (χ2v) is 9.00. The molecular formula is C27H26F2N6O2. The zero-order valence-corrected chi connectivity index (χ0v) is 20.2. The van der Waals surface area contributed by atoms with Gasteiger partial charge in [0.25, 0.3) is 0 Å². The second-order valence-electron chi connectivity index (χ2n) is 9.00. The molecule has 1 saturated heterocycles. The summed E-state index contributed by atoms with van der Waals surface area (Å²) in [6.07, 6.45) is 4.92. The van der Waals surface area contributed by atoms with Gasteiger partial charge in [0.05, 0.1) is 13.7 Å². The van der Waals surface area contributed by atoms with E-state index in [0.29, 0.717) is 46.9 Å². The molecule has 0 unspecified atom stereocenters. The first-order chi connectivity index (χ1) is 17.9. The molecule has 5 rings (SSSR count). The summed E-state index contributed by atoms with van der Waals surface area (Å²) in [5.74, 6) is -0.202. The summed E-state index contributed by atoms with van der Waals surface area (Å²) in [5.41, 5.74) is 7.39. The average molecular weight is 505 g/mol. The lowest BCUT2D eigenvalue weighted by Crippen LogP contribution is -2.43. The number of hydrogen-bond donors (Lipinski definition) is 2. The van der Waals surface area contributed by atoms with Crippen LogP contribution in [0.1, 0.15) is 12.8 Å². The molecule has 2 aromatic heterocycles. The van der Waals surface area contributed by atoms with E-state index in [2.05, 4.69) is 10.3 Å². The monoisotopic (exact) mass is 504 g/mol. The van der Waals surface area contributed by atoms with Gasteiger partial charge in [-0.25, -0.2) is 18.7 Å². The Hall–Kier alpha value is -4.18. The van der Waals surface area contributed by atoms with Crippen LogP contribution in [-0.2, 0) is 4.79 Å². The lowest BCUT2D eigenvalue weighted by Gasteiger charge is -2.32. The molecule has 190 valence electrons. The van der Waals surface area contributed by atoms with Crippen LogP contribution in [0.3, 0.4) is 0 Å². The molecule has 1 amide bonds. The maximum atomic E-state index is 14.7. The molecule has 0 aliphatic carbocycles. The Bertz CT molecular complexity index is 1440. The zero-order valence-electron chi connectivity index (χ0n) is 20.2. The highest BCUT2D eigenvalue weighted by Crippen LogP contribution is 2.37. The maximum Gasteiger partial charge on any atom is 0.231 e. The number of anilines is 1. The molecule has 10 heteroatoms. The van der Waals surface area contributed by atoms with Gasteiger partial charge >= 0.3 is 0 Å². The molecular weight excluding hydrogens is 478 g/mol. The first-order valence-corrected chi connectivity index (χ1v) is 11.9. The summed E-state index contributed by atoms with van der Waals surface area (Å²) in [7, 11) is 1.52. The number of amides is 1. The van der Waals surface area contributed by atoms with E-state index < -0.39 is 11.6 Å². The highest BCUT2D eigenvalue weighted by molar-refractivity contribution is 5.98. The highest BCUT2D eigenvalue weighted by Gasteiger charge is 2.23. The van der Waals surface area contributed by atoms with Crippen molar-refractivity contribution in [1.29, 1.82) is 0 Å². The molecule has 3 N–H and O–H groups in total. The minimum absolute atomic E-state index is 0.0844. The van der Waals surface area contributed by atoms with Crippen LogP contribution in [0.25, 0.3) is 33.4 Å². The molecule has 1 aliphatic rings. The SMILES string of the molecule is COc1cc(-c2ccc(F)cc2F)cc2c(NC3CCN(CC(N)=O)CC3)nc(-c3cccnc3)nc12. The molecule has 1 fully saturated rings. The number of halogens is 2. The van der Waals surface area contributed by atoms with Crippen molar-refractivity contribution >= 4 is 22.6 Å². The molecule has 1 aliphatic heterocycles. The standard InChI is InChI=1S/C27H26F2N6O2/c1-37-23-12-17(20-5-4-18(28)13-22(20)29)11-21-25(23)33-26(16-3-2-8-31-14-16)34-27(21)32-19-6-9-35(10-7-19)15-24(30)36/h2-5,8,11-14,19H,6-7,9-10,15H2,1H3,(H2,30,36)(H,32,33,34). The van der Waals surface area contributed by atoms with Crippen molar-refractivity contribution < 1.29 is 18.3 Å². The summed E-state index contributed by atoms with van der Waals surface area (Å²) < 4.78 is 33.9. The summed E-state index contributed by atoms with van der Waals surface area (Å²) in [6.45, 7) is 1.67.